The second-order valence-corrected chi connectivity index (χ2v) is 7.44. The quantitative estimate of drug-likeness (QED) is 0.461. The molecule has 0 spiro atoms. The lowest BCUT2D eigenvalue weighted by atomic mass is 10.0. The molecule has 0 radical (unpaired) electrons. The second-order valence-electron chi connectivity index (χ2n) is 7.44. The van der Waals surface area contributed by atoms with Crippen molar-refractivity contribution in [3.05, 3.63) is 96.1 Å². The van der Waals surface area contributed by atoms with E-state index in [-0.39, 0.29) is 12.5 Å². The molecule has 0 unspecified atom stereocenters. The van der Waals surface area contributed by atoms with Crippen molar-refractivity contribution in [3.63, 3.8) is 0 Å². The molecule has 0 saturated carbocycles. The average Bonchev–Trinajstić information content (AvgIpc) is 3.26. The maximum atomic E-state index is 13.0. The Morgan fingerprint density at radius 2 is 1.65 bits per heavy atom. The molecule has 31 heavy (non-hydrogen) atoms. The van der Waals surface area contributed by atoms with Crippen LogP contribution < -0.4 is 4.90 Å². The third-order valence-electron chi connectivity index (χ3n) is 5.52. The summed E-state index contributed by atoms with van der Waals surface area (Å²) in [5.74, 6) is -0.753. The minimum atomic E-state index is -0.531. The number of carbonyl (C=O) groups excluding carboxylic acids is 2. The fourth-order valence-electron chi connectivity index (χ4n) is 3.98. The average molecular weight is 408 g/mol. The van der Waals surface area contributed by atoms with Crippen molar-refractivity contribution in [2.75, 3.05) is 18.1 Å². The van der Waals surface area contributed by atoms with Crippen LogP contribution in [-0.2, 0) is 16.0 Å². The van der Waals surface area contributed by atoms with Gasteiger partial charge in [0.05, 0.1) is 16.8 Å². The summed E-state index contributed by atoms with van der Waals surface area (Å²) in [6.45, 7) is 0.302. The van der Waals surface area contributed by atoms with E-state index in [1.807, 2.05) is 78.9 Å². The zero-order valence-corrected chi connectivity index (χ0v) is 16.8. The fraction of sp³-hybridized carbons (Fsp3) is 0.115. The smallest absolute Gasteiger partial charge is 0.339 e. The molecule has 0 atom stereocenters. The normalized spacial score (nSPS) is 12.6. The number of nitrogens with zero attached hydrogens (tertiary/aromatic N) is 2. The Kier molecular flexibility index (Phi) is 4.92. The Bertz CT molecular complexity index is 1280. The standard InChI is InChI=1S/C26H20N2O3/c29-25(28-15-14-19-10-4-7-13-24(19)28)17-31-26(30)21-16-23(18-8-2-1-3-9-18)27-22-12-6-5-11-20(21)22/h1-13,16H,14-15,17H2. The lowest BCUT2D eigenvalue weighted by Gasteiger charge is -2.17. The number of rotatable bonds is 4. The van der Waals surface area contributed by atoms with Crippen LogP contribution >= 0.6 is 0 Å². The van der Waals surface area contributed by atoms with Gasteiger partial charge in [0.15, 0.2) is 6.61 Å². The maximum absolute atomic E-state index is 13.0. The van der Waals surface area contributed by atoms with E-state index in [4.69, 9.17) is 4.74 Å². The monoisotopic (exact) mass is 408 g/mol. The summed E-state index contributed by atoms with van der Waals surface area (Å²) in [5, 5.41) is 0.700. The van der Waals surface area contributed by atoms with Crippen LogP contribution in [0.3, 0.4) is 0 Å². The molecule has 1 aromatic heterocycles. The summed E-state index contributed by atoms with van der Waals surface area (Å²) in [4.78, 5) is 32.1. The minimum absolute atomic E-state index is 0.222. The predicted molar refractivity (Wildman–Crippen MR) is 120 cm³/mol. The van der Waals surface area contributed by atoms with Crippen molar-refractivity contribution >= 4 is 28.5 Å². The summed E-state index contributed by atoms with van der Waals surface area (Å²) in [6, 6.07) is 26.7. The van der Waals surface area contributed by atoms with E-state index in [9.17, 15) is 9.59 Å². The van der Waals surface area contributed by atoms with Gasteiger partial charge < -0.3 is 9.64 Å². The molecule has 2 heterocycles. The number of para-hydroxylation sites is 2. The second kappa shape index (κ2) is 8.03. The van der Waals surface area contributed by atoms with Crippen molar-refractivity contribution in [1.82, 2.24) is 4.98 Å². The van der Waals surface area contributed by atoms with E-state index < -0.39 is 5.97 Å². The lowest BCUT2D eigenvalue weighted by Crippen LogP contribution is -2.33. The summed E-state index contributed by atoms with van der Waals surface area (Å²) < 4.78 is 5.46. The van der Waals surface area contributed by atoms with E-state index in [0.29, 0.717) is 28.7 Å². The van der Waals surface area contributed by atoms with Gasteiger partial charge in [-0.05, 0) is 30.2 Å². The van der Waals surface area contributed by atoms with Gasteiger partial charge in [-0.25, -0.2) is 9.78 Å². The number of fused-ring (bicyclic) bond motifs is 2. The Balaban J connectivity index is 1.40. The molecule has 1 aliphatic rings. The van der Waals surface area contributed by atoms with Gasteiger partial charge in [0, 0.05) is 23.2 Å². The van der Waals surface area contributed by atoms with Crippen LogP contribution in [0.15, 0.2) is 84.9 Å². The fourth-order valence-corrected chi connectivity index (χ4v) is 3.98. The largest absolute Gasteiger partial charge is 0.452 e. The summed E-state index contributed by atoms with van der Waals surface area (Å²) in [5.41, 5.74) is 4.73. The first-order chi connectivity index (χ1) is 15.2. The molecule has 0 N–H and O–H groups in total. The third kappa shape index (κ3) is 3.66. The van der Waals surface area contributed by atoms with Gasteiger partial charge in [0.2, 0.25) is 0 Å². The van der Waals surface area contributed by atoms with Crippen LogP contribution in [0.1, 0.15) is 15.9 Å². The highest BCUT2D eigenvalue weighted by Gasteiger charge is 2.25. The van der Waals surface area contributed by atoms with Crippen LogP contribution in [0.5, 0.6) is 0 Å². The van der Waals surface area contributed by atoms with Gasteiger partial charge >= 0.3 is 5.97 Å². The molecule has 3 aromatic carbocycles. The van der Waals surface area contributed by atoms with Crippen LogP contribution in [0.2, 0.25) is 0 Å². The van der Waals surface area contributed by atoms with Crippen LogP contribution in [0.25, 0.3) is 22.2 Å². The molecule has 5 heteroatoms. The highest BCUT2D eigenvalue weighted by Crippen LogP contribution is 2.28. The van der Waals surface area contributed by atoms with Gasteiger partial charge in [-0.3, -0.25) is 4.79 Å². The highest BCUT2D eigenvalue weighted by molar-refractivity contribution is 6.06. The van der Waals surface area contributed by atoms with Gasteiger partial charge in [-0.2, -0.15) is 0 Å². The SMILES string of the molecule is O=C(OCC(=O)N1CCc2ccccc21)c1cc(-c2ccccc2)nc2ccccc12. The van der Waals surface area contributed by atoms with Crippen molar-refractivity contribution in [1.29, 1.82) is 0 Å². The van der Waals surface area contributed by atoms with E-state index in [0.717, 1.165) is 23.2 Å². The number of pyridine rings is 1. The first-order valence-electron chi connectivity index (χ1n) is 10.2. The molecule has 0 bridgehead atoms. The Morgan fingerprint density at radius 1 is 0.903 bits per heavy atom. The van der Waals surface area contributed by atoms with E-state index >= 15 is 0 Å². The van der Waals surface area contributed by atoms with Crippen molar-refractivity contribution < 1.29 is 14.3 Å². The minimum Gasteiger partial charge on any atom is -0.452 e. The number of aromatic nitrogens is 1. The molecular weight excluding hydrogens is 388 g/mol. The van der Waals surface area contributed by atoms with E-state index in [1.165, 1.54) is 0 Å². The molecule has 0 saturated heterocycles. The summed E-state index contributed by atoms with van der Waals surface area (Å²) >= 11 is 0. The maximum Gasteiger partial charge on any atom is 0.339 e. The predicted octanol–water partition coefficient (Wildman–Crippen LogP) is 4.65. The summed E-state index contributed by atoms with van der Waals surface area (Å²) in [7, 11) is 0. The molecule has 0 fully saturated rings. The van der Waals surface area contributed by atoms with Crippen LogP contribution in [-0.4, -0.2) is 30.0 Å². The van der Waals surface area contributed by atoms with Gasteiger partial charge in [-0.15, -0.1) is 0 Å². The van der Waals surface area contributed by atoms with Gasteiger partial charge in [0.25, 0.3) is 5.91 Å². The van der Waals surface area contributed by atoms with Crippen LogP contribution in [0, 0.1) is 0 Å². The first-order valence-corrected chi connectivity index (χ1v) is 10.2. The van der Waals surface area contributed by atoms with Crippen molar-refractivity contribution in [3.8, 4) is 11.3 Å². The topological polar surface area (TPSA) is 59.5 Å². The van der Waals surface area contributed by atoms with Crippen LogP contribution in [0.4, 0.5) is 5.69 Å². The number of anilines is 1. The first kappa shape index (κ1) is 19.0. The zero-order valence-electron chi connectivity index (χ0n) is 16.8. The number of esters is 1. The number of hydrogen-bond donors (Lipinski definition) is 0. The number of ether oxygens (including phenoxy) is 1. The van der Waals surface area contributed by atoms with Crippen molar-refractivity contribution in [2.45, 2.75) is 6.42 Å². The number of carbonyl (C=O) groups is 2. The number of hydrogen-bond acceptors (Lipinski definition) is 4. The molecule has 1 aliphatic heterocycles. The van der Waals surface area contributed by atoms with Crippen molar-refractivity contribution in [2.24, 2.45) is 0 Å². The van der Waals surface area contributed by atoms with E-state index in [2.05, 4.69) is 4.98 Å². The van der Waals surface area contributed by atoms with Gasteiger partial charge in [-0.1, -0.05) is 66.7 Å². The number of benzene rings is 3. The molecule has 1 amide bonds. The lowest BCUT2D eigenvalue weighted by molar-refractivity contribution is -0.121. The van der Waals surface area contributed by atoms with E-state index in [1.54, 1.807) is 11.0 Å². The Hall–Kier alpha value is -3.99. The summed E-state index contributed by atoms with van der Waals surface area (Å²) in [6.07, 6.45) is 0.811. The highest BCUT2D eigenvalue weighted by atomic mass is 16.5. The molecule has 4 aromatic rings. The molecule has 0 aliphatic carbocycles. The molecule has 5 nitrogen and oxygen atoms in total. The third-order valence-corrected chi connectivity index (χ3v) is 5.52. The number of amides is 1. The Labute approximate surface area is 179 Å². The Morgan fingerprint density at radius 3 is 2.52 bits per heavy atom. The molecule has 5 rings (SSSR count). The van der Waals surface area contributed by atoms with Gasteiger partial charge in [0.1, 0.15) is 0 Å². The molecular formula is C26H20N2O3. The molecule has 152 valence electrons. The zero-order chi connectivity index (χ0) is 21.2.